The molecule has 2 N–H and O–H groups in total. The lowest BCUT2D eigenvalue weighted by Crippen LogP contribution is -2.47. The lowest BCUT2D eigenvalue weighted by atomic mass is 10.1. The van der Waals surface area contributed by atoms with Crippen LogP contribution in [0, 0.1) is 0 Å². The maximum absolute atomic E-state index is 12.1. The van der Waals surface area contributed by atoms with Gasteiger partial charge in [-0.15, -0.1) is 24.0 Å². The molecule has 8 heteroatoms. The van der Waals surface area contributed by atoms with E-state index >= 15 is 0 Å². The Morgan fingerprint density at radius 1 is 1.22 bits per heavy atom. The molecule has 0 saturated carbocycles. The van der Waals surface area contributed by atoms with E-state index in [2.05, 4.69) is 15.6 Å². The topological polar surface area (TPSA) is 45.7 Å². The normalized spacial score (nSPS) is 12.4. The first kappa shape index (κ1) is 21.8. The standard InChI is InChI=1S/C15H22F3N3O.HI/c1-14(2,3)21-13(19-4)20-9-11-6-5-7-12(8-11)22-10-15(16,17)18;/h5-8H,9-10H2,1-4H3,(H2,19,20,21);1H. The number of hydrogen-bond acceptors (Lipinski definition) is 2. The minimum absolute atomic E-state index is 0. The predicted octanol–water partition coefficient (Wildman–Crippen LogP) is 3.71. The average molecular weight is 445 g/mol. The van der Waals surface area contributed by atoms with Crippen LogP contribution >= 0.6 is 24.0 Å². The SMILES string of the molecule is CN=C(NCc1cccc(OCC(F)(F)F)c1)NC(C)(C)C.I. The Kier molecular flexibility index (Phi) is 8.71. The number of alkyl halides is 3. The Bertz CT molecular complexity index is 513. The summed E-state index contributed by atoms with van der Waals surface area (Å²) in [5.74, 6) is 0.810. The highest BCUT2D eigenvalue weighted by Crippen LogP contribution is 2.19. The van der Waals surface area contributed by atoms with Gasteiger partial charge in [-0.3, -0.25) is 4.99 Å². The van der Waals surface area contributed by atoms with Crippen LogP contribution in [0.1, 0.15) is 26.3 Å². The highest BCUT2D eigenvalue weighted by Gasteiger charge is 2.28. The van der Waals surface area contributed by atoms with Gasteiger partial charge in [0.2, 0.25) is 0 Å². The van der Waals surface area contributed by atoms with Crippen molar-refractivity contribution in [3.8, 4) is 5.75 Å². The van der Waals surface area contributed by atoms with Gasteiger partial charge in [0, 0.05) is 19.1 Å². The number of ether oxygens (including phenoxy) is 1. The zero-order chi connectivity index (χ0) is 16.8. The van der Waals surface area contributed by atoms with Gasteiger partial charge >= 0.3 is 6.18 Å². The van der Waals surface area contributed by atoms with Crippen molar-refractivity contribution in [2.45, 2.75) is 39.0 Å². The third-order valence-electron chi connectivity index (χ3n) is 2.48. The van der Waals surface area contributed by atoms with Gasteiger partial charge in [-0.05, 0) is 38.5 Å². The molecule has 0 amide bonds. The van der Waals surface area contributed by atoms with Crippen molar-refractivity contribution in [2.75, 3.05) is 13.7 Å². The molecule has 0 aliphatic rings. The summed E-state index contributed by atoms with van der Waals surface area (Å²) in [6, 6.07) is 6.53. The molecule has 0 aliphatic carbocycles. The van der Waals surface area contributed by atoms with Crippen molar-refractivity contribution in [3.05, 3.63) is 29.8 Å². The molecular formula is C15H23F3IN3O. The van der Waals surface area contributed by atoms with E-state index in [1.54, 1.807) is 25.2 Å². The van der Waals surface area contributed by atoms with Crippen LogP contribution in [-0.4, -0.2) is 31.3 Å². The molecule has 132 valence electrons. The van der Waals surface area contributed by atoms with Gasteiger partial charge < -0.3 is 15.4 Å². The van der Waals surface area contributed by atoms with Crippen LogP contribution in [0.4, 0.5) is 13.2 Å². The summed E-state index contributed by atoms with van der Waals surface area (Å²) < 4.78 is 41.1. The number of rotatable bonds is 4. The van der Waals surface area contributed by atoms with Gasteiger partial charge in [0.15, 0.2) is 12.6 Å². The maximum Gasteiger partial charge on any atom is 0.422 e. The molecule has 0 bridgehead atoms. The van der Waals surface area contributed by atoms with Gasteiger partial charge in [-0.2, -0.15) is 13.2 Å². The van der Waals surface area contributed by atoms with Crippen LogP contribution in [0.25, 0.3) is 0 Å². The molecule has 1 aromatic rings. The highest BCUT2D eigenvalue weighted by atomic mass is 127. The van der Waals surface area contributed by atoms with Crippen LogP contribution in [-0.2, 0) is 6.54 Å². The van der Waals surface area contributed by atoms with Crippen LogP contribution < -0.4 is 15.4 Å². The Labute approximate surface area is 151 Å². The van der Waals surface area contributed by atoms with E-state index < -0.39 is 12.8 Å². The number of benzene rings is 1. The number of nitrogens with zero attached hydrogens (tertiary/aromatic N) is 1. The Balaban J connectivity index is 0.00000484. The molecule has 0 fully saturated rings. The molecule has 4 nitrogen and oxygen atoms in total. The molecule has 0 atom stereocenters. The van der Waals surface area contributed by atoms with E-state index in [-0.39, 0.29) is 35.3 Å². The predicted molar refractivity (Wildman–Crippen MR) is 96.5 cm³/mol. The van der Waals surface area contributed by atoms with Crippen molar-refractivity contribution in [1.82, 2.24) is 10.6 Å². The molecule has 23 heavy (non-hydrogen) atoms. The fraction of sp³-hybridized carbons (Fsp3) is 0.533. The van der Waals surface area contributed by atoms with Gasteiger partial charge in [0.25, 0.3) is 0 Å². The van der Waals surface area contributed by atoms with Crippen LogP contribution in [0.5, 0.6) is 5.75 Å². The van der Waals surface area contributed by atoms with Gasteiger partial charge in [-0.25, -0.2) is 0 Å². The molecule has 0 spiro atoms. The lowest BCUT2D eigenvalue weighted by Gasteiger charge is -2.23. The Morgan fingerprint density at radius 2 is 1.87 bits per heavy atom. The van der Waals surface area contributed by atoms with Gasteiger partial charge in [0.05, 0.1) is 0 Å². The van der Waals surface area contributed by atoms with E-state index in [9.17, 15) is 13.2 Å². The monoisotopic (exact) mass is 445 g/mol. The summed E-state index contributed by atoms with van der Waals surface area (Å²) in [4.78, 5) is 4.09. The number of halogens is 4. The van der Waals surface area contributed by atoms with E-state index in [1.165, 1.54) is 6.07 Å². The number of hydrogen-bond donors (Lipinski definition) is 2. The first-order valence-electron chi connectivity index (χ1n) is 6.86. The molecule has 0 heterocycles. The van der Waals surface area contributed by atoms with E-state index in [4.69, 9.17) is 4.74 Å². The fourth-order valence-electron chi connectivity index (χ4n) is 1.63. The van der Waals surface area contributed by atoms with Crippen molar-refractivity contribution >= 4 is 29.9 Å². The first-order chi connectivity index (χ1) is 10.1. The van der Waals surface area contributed by atoms with E-state index in [1.807, 2.05) is 20.8 Å². The second-order valence-corrected chi connectivity index (χ2v) is 5.85. The maximum atomic E-state index is 12.1. The van der Waals surface area contributed by atoms with Gasteiger partial charge in [-0.1, -0.05) is 12.1 Å². The molecular weight excluding hydrogens is 422 g/mol. The van der Waals surface area contributed by atoms with Gasteiger partial charge in [0.1, 0.15) is 5.75 Å². The van der Waals surface area contributed by atoms with Crippen LogP contribution in [0.3, 0.4) is 0 Å². The third-order valence-corrected chi connectivity index (χ3v) is 2.48. The van der Waals surface area contributed by atoms with Crippen molar-refractivity contribution in [1.29, 1.82) is 0 Å². The molecule has 0 saturated heterocycles. The molecule has 1 aromatic carbocycles. The van der Waals surface area contributed by atoms with Crippen molar-refractivity contribution in [2.24, 2.45) is 4.99 Å². The van der Waals surface area contributed by atoms with Crippen LogP contribution in [0.15, 0.2) is 29.3 Å². The fourth-order valence-corrected chi connectivity index (χ4v) is 1.63. The van der Waals surface area contributed by atoms with Crippen LogP contribution in [0.2, 0.25) is 0 Å². The average Bonchev–Trinajstić information content (AvgIpc) is 2.40. The largest absolute Gasteiger partial charge is 0.484 e. The zero-order valence-corrected chi connectivity index (χ0v) is 16.0. The summed E-state index contributed by atoms with van der Waals surface area (Å²) in [6.45, 7) is 5.15. The molecule has 0 aliphatic heterocycles. The lowest BCUT2D eigenvalue weighted by molar-refractivity contribution is -0.153. The third kappa shape index (κ3) is 10.2. The number of nitrogens with one attached hydrogen (secondary N) is 2. The molecule has 1 rings (SSSR count). The summed E-state index contributed by atoms with van der Waals surface area (Å²) >= 11 is 0. The number of aliphatic imine (C=N–C) groups is 1. The summed E-state index contributed by atoms with van der Waals surface area (Å²) in [5.41, 5.74) is 0.663. The molecule has 0 unspecified atom stereocenters. The van der Waals surface area contributed by atoms with Crippen molar-refractivity contribution in [3.63, 3.8) is 0 Å². The number of guanidine groups is 1. The first-order valence-corrected chi connectivity index (χ1v) is 6.86. The minimum Gasteiger partial charge on any atom is -0.484 e. The minimum atomic E-state index is -4.34. The summed E-state index contributed by atoms with van der Waals surface area (Å²) in [6.07, 6.45) is -4.34. The smallest absolute Gasteiger partial charge is 0.422 e. The highest BCUT2D eigenvalue weighted by molar-refractivity contribution is 14.0. The van der Waals surface area contributed by atoms with Crippen molar-refractivity contribution < 1.29 is 17.9 Å². The summed E-state index contributed by atoms with van der Waals surface area (Å²) in [5, 5.41) is 6.30. The Hall–Kier alpha value is -1.19. The van der Waals surface area contributed by atoms with E-state index in [0.717, 1.165) is 5.56 Å². The van der Waals surface area contributed by atoms with E-state index in [0.29, 0.717) is 12.5 Å². The zero-order valence-electron chi connectivity index (χ0n) is 13.6. The second kappa shape index (κ2) is 9.19. The second-order valence-electron chi connectivity index (χ2n) is 5.85. The Morgan fingerprint density at radius 3 is 2.39 bits per heavy atom. The molecule has 0 radical (unpaired) electrons. The molecule has 0 aromatic heterocycles. The summed E-state index contributed by atoms with van der Waals surface area (Å²) in [7, 11) is 1.66. The quantitative estimate of drug-likeness (QED) is 0.422.